The minimum Gasteiger partial charge on any atom is -0.491 e. The minimum absolute atomic E-state index is 0.107. The third kappa shape index (κ3) is 4.65. The predicted molar refractivity (Wildman–Crippen MR) is 107 cm³/mol. The highest BCUT2D eigenvalue weighted by atomic mass is 16.7. The van der Waals surface area contributed by atoms with E-state index in [0.717, 1.165) is 11.4 Å². The molecule has 154 valence electrons. The van der Waals surface area contributed by atoms with Gasteiger partial charge in [0.15, 0.2) is 5.79 Å². The number of piperidine rings is 1. The molecule has 1 aromatic carbocycles. The van der Waals surface area contributed by atoms with Crippen LogP contribution in [0.1, 0.15) is 37.2 Å². The Kier molecular flexibility index (Phi) is 5.64. The molecule has 2 saturated heterocycles. The molecule has 1 N–H and O–H groups in total. The fourth-order valence-corrected chi connectivity index (χ4v) is 3.55. The van der Waals surface area contributed by atoms with E-state index in [1.807, 2.05) is 38.1 Å². The van der Waals surface area contributed by atoms with Crippen LogP contribution in [0, 0.1) is 0 Å². The van der Waals surface area contributed by atoms with Gasteiger partial charge < -0.3 is 24.4 Å². The standard InChI is InChI=1S/C21H26N4O4/c1-15(2)29-17-5-3-16(4-6-17)23-20-22-10-7-18(24-20)19(26)25-11-8-21(9-12-25)27-13-14-28-21/h3-7,10,15H,8-9,11-14H2,1-2H3,(H,22,23,24). The highest BCUT2D eigenvalue weighted by molar-refractivity contribution is 5.92. The number of ether oxygens (including phenoxy) is 3. The molecular weight excluding hydrogens is 372 g/mol. The van der Waals surface area contributed by atoms with E-state index in [-0.39, 0.29) is 12.0 Å². The van der Waals surface area contributed by atoms with Crippen molar-refractivity contribution < 1.29 is 19.0 Å². The van der Waals surface area contributed by atoms with Crippen molar-refractivity contribution in [2.24, 2.45) is 0 Å². The first-order valence-corrected chi connectivity index (χ1v) is 9.97. The molecule has 2 aromatic rings. The highest BCUT2D eigenvalue weighted by Crippen LogP contribution is 2.31. The zero-order chi connectivity index (χ0) is 20.3. The number of benzene rings is 1. The summed E-state index contributed by atoms with van der Waals surface area (Å²) in [5.74, 6) is 0.572. The molecule has 29 heavy (non-hydrogen) atoms. The highest BCUT2D eigenvalue weighted by Gasteiger charge is 2.41. The van der Waals surface area contributed by atoms with Crippen LogP contribution in [-0.4, -0.2) is 59.0 Å². The van der Waals surface area contributed by atoms with Crippen LogP contribution in [0.15, 0.2) is 36.5 Å². The fraction of sp³-hybridized carbons (Fsp3) is 0.476. The van der Waals surface area contributed by atoms with Gasteiger partial charge in [-0.1, -0.05) is 0 Å². The van der Waals surface area contributed by atoms with Crippen LogP contribution in [0.25, 0.3) is 0 Å². The Labute approximate surface area is 170 Å². The van der Waals surface area contributed by atoms with Gasteiger partial charge in [-0.3, -0.25) is 4.79 Å². The Morgan fingerprint density at radius 2 is 1.83 bits per heavy atom. The third-order valence-corrected chi connectivity index (χ3v) is 4.98. The normalized spacial score (nSPS) is 18.2. The van der Waals surface area contributed by atoms with Crippen molar-refractivity contribution in [2.45, 2.75) is 38.6 Å². The second-order valence-electron chi connectivity index (χ2n) is 7.48. The van der Waals surface area contributed by atoms with Crippen LogP contribution in [0.3, 0.4) is 0 Å². The molecule has 1 amide bonds. The molecule has 0 bridgehead atoms. The molecular formula is C21H26N4O4. The maximum absolute atomic E-state index is 12.9. The van der Waals surface area contributed by atoms with E-state index in [1.165, 1.54) is 0 Å². The molecule has 0 unspecified atom stereocenters. The van der Waals surface area contributed by atoms with Crippen molar-refractivity contribution in [3.63, 3.8) is 0 Å². The monoisotopic (exact) mass is 398 g/mol. The SMILES string of the molecule is CC(C)Oc1ccc(Nc2nccc(C(=O)N3CCC4(CC3)OCCO4)n2)cc1. The number of anilines is 2. The summed E-state index contributed by atoms with van der Waals surface area (Å²) in [7, 11) is 0. The van der Waals surface area contributed by atoms with Crippen molar-refractivity contribution in [1.29, 1.82) is 0 Å². The summed E-state index contributed by atoms with van der Waals surface area (Å²) in [6, 6.07) is 9.19. The summed E-state index contributed by atoms with van der Waals surface area (Å²) in [5.41, 5.74) is 1.19. The number of likely N-dealkylation sites (tertiary alicyclic amines) is 1. The lowest BCUT2D eigenvalue weighted by atomic mass is 10.0. The topological polar surface area (TPSA) is 85.8 Å². The molecule has 8 heteroatoms. The number of hydrogen-bond donors (Lipinski definition) is 1. The van der Waals surface area contributed by atoms with Crippen molar-refractivity contribution in [3.05, 3.63) is 42.2 Å². The van der Waals surface area contributed by atoms with Gasteiger partial charge in [-0.05, 0) is 44.2 Å². The van der Waals surface area contributed by atoms with E-state index in [4.69, 9.17) is 14.2 Å². The summed E-state index contributed by atoms with van der Waals surface area (Å²) in [6.07, 6.45) is 3.07. The Bertz CT molecular complexity index is 840. The number of carbonyl (C=O) groups excluding carboxylic acids is 1. The van der Waals surface area contributed by atoms with Crippen LogP contribution >= 0.6 is 0 Å². The number of carbonyl (C=O) groups is 1. The van der Waals surface area contributed by atoms with Gasteiger partial charge in [0.05, 0.1) is 19.3 Å². The van der Waals surface area contributed by atoms with Gasteiger partial charge in [-0.2, -0.15) is 0 Å². The van der Waals surface area contributed by atoms with Gasteiger partial charge in [0, 0.05) is 37.8 Å². The smallest absolute Gasteiger partial charge is 0.272 e. The number of aromatic nitrogens is 2. The van der Waals surface area contributed by atoms with E-state index < -0.39 is 5.79 Å². The van der Waals surface area contributed by atoms with Crippen LogP contribution < -0.4 is 10.1 Å². The molecule has 2 fully saturated rings. The van der Waals surface area contributed by atoms with Gasteiger partial charge in [-0.25, -0.2) is 9.97 Å². The van der Waals surface area contributed by atoms with Crippen LogP contribution in [-0.2, 0) is 9.47 Å². The minimum atomic E-state index is -0.499. The maximum Gasteiger partial charge on any atom is 0.272 e. The van der Waals surface area contributed by atoms with Gasteiger partial charge in [0.2, 0.25) is 5.95 Å². The number of nitrogens with one attached hydrogen (secondary N) is 1. The lowest BCUT2D eigenvalue weighted by Gasteiger charge is -2.37. The van der Waals surface area contributed by atoms with E-state index >= 15 is 0 Å². The Hall–Kier alpha value is -2.71. The summed E-state index contributed by atoms with van der Waals surface area (Å²) in [6.45, 7) is 6.39. The molecule has 2 aliphatic rings. The van der Waals surface area contributed by atoms with E-state index in [0.29, 0.717) is 50.8 Å². The van der Waals surface area contributed by atoms with Crippen molar-refractivity contribution in [1.82, 2.24) is 14.9 Å². The molecule has 0 saturated carbocycles. The molecule has 4 rings (SSSR count). The lowest BCUT2D eigenvalue weighted by molar-refractivity contribution is -0.181. The summed E-state index contributed by atoms with van der Waals surface area (Å²) in [4.78, 5) is 23.3. The van der Waals surface area contributed by atoms with Gasteiger partial charge >= 0.3 is 0 Å². The molecule has 0 atom stereocenters. The van der Waals surface area contributed by atoms with Crippen molar-refractivity contribution >= 4 is 17.5 Å². The average Bonchev–Trinajstić information content (AvgIpc) is 3.17. The molecule has 8 nitrogen and oxygen atoms in total. The Morgan fingerprint density at radius 3 is 2.48 bits per heavy atom. The van der Waals surface area contributed by atoms with E-state index in [9.17, 15) is 4.79 Å². The summed E-state index contributed by atoms with van der Waals surface area (Å²) >= 11 is 0. The number of nitrogens with zero attached hydrogens (tertiary/aromatic N) is 3. The molecule has 1 aromatic heterocycles. The van der Waals surface area contributed by atoms with E-state index in [1.54, 1.807) is 17.2 Å². The second-order valence-corrected chi connectivity index (χ2v) is 7.48. The second kappa shape index (κ2) is 8.34. The summed E-state index contributed by atoms with van der Waals surface area (Å²) in [5, 5.41) is 3.13. The first-order chi connectivity index (χ1) is 14.0. The molecule has 0 radical (unpaired) electrons. The van der Waals surface area contributed by atoms with Crippen molar-refractivity contribution in [3.8, 4) is 5.75 Å². The first-order valence-electron chi connectivity index (χ1n) is 9.97. The Morgan fingerprint density at radius 1 is 1.14 bits per heavy atom. The maximum atomic E-state index is 12.9. The third-order valence-electron chi connectivity index (χ3n) is 4.98. The van der Waals surface area contributed by atoms with Gasteiger partial charge in [0.1, 0.15) is 11.4 Å². The largest absolute Gasteiger partial charge is 0.491 e. The van der Waals surface area contributed by atoms with E-state index in [2.05, 4.69) is 15.3 Å². The average molecular weight is 398 g/mol. The van der Waals surface area contributed by atoms with Gasteiger partial charge in [0.25, 0.3) is 5.91 Å². The van der Waals surface area contributed by atoms with Gasteiger partial charge in [-0.15, -0.1) is 0 Å². The molecule has 3 heterocycles. The zero-order valence-electron chi connectivity index (χ0n) is 16.8. The quantitative estimate of drug-likeness (QED) is 0.829. The van der Waals surface area contributed by atoms with Crippen LogP contribution in [0.2, 0.25) is 0 Å². The Balaban J connectivity index is 1.38. The van der Waals surface area contributed by atoms with Crippen molar-refractivity contribution in [2.75, 3.05) is 31.6 Å². The van der Waals surface area contributed by atoms with Crippen LogP contribution in [0.5, 0.6) is 5.75 Å². The number of amides is 1. The number of hydrogen-bond acceptors (Lipinski definition) is 7. The molecule has 2 aliphatic heterocycles. The lowest BCUT2D eigenvalue weighted by Crippen LogP contribution is -2.47. The predicted octanol–water partition coefficient (Wildman–Crippen LogP) is 2.99. The molecule has 0 aliphatic carbocycles. The molecule has 1 spiro atoms. The first kappa shape index (κ1) is 19.6. The fourth-order valence-electron chi connectivity index (χ4n) is 3.55. The van der Waals surface area contributed by atoms with Crippen LogP contribution in [0.4, 0.5) is 11.6 Å². The summed E-state index contributed by atoms with van der Waals surface area (Å²) < 4.78 is 17.1. The zero-order valence-corrected chi connectivity index (χ0v) is 16.8. The number of rotatable bonds is 5.